The molecule has 0 aromatic carbocycles. The van der Waals surface area contributed by atoms with Gasteiger partial charge in [0.2, 0.25) is 0 Å². The van der Waals surface area contributed by atoms with Gasteiger partial charge in [-0.1, -0.05) is 21.8 Å². The van der Waals surface area contributed by atoms with Crippen LogP contribution in [0.2, 0.25) is 0 Å². The molecule has 0 spiro atoms. The van der Waals surface area contributed by atoms with E-state index < -0.39 is 3.50 Å². The summed E-state index contributed by atoms with van der Waals surface area (Å²) in [6.07, 6.45) is 0. The van der Waals surface area contributed by atoms with E-state index in [4.69, 9.17) is 33.2 Å². The minimum absolute atomic E-state index is 1.81. The summed E-state index contributed by atoms with van der Waals surface area (Å²) >= 11 is 17.4. The van der Waals surface area contributed by atoms with Gasteiger partial charge in [-0.05, 0) is 0 Å². The molecule has 0 atom stereocenters. The van der Waals surface area contributed by atoms with Crippen LogP contribution in [0.15, 0.2) is 0 Å². The Morgan fingerprint density at radius 3 is 1.20 bits per heavy atom. The third-order valence-corrected chi connectivity index (χ3v) is 0. The molecule has 5 heteroatoms. The molecular formula is Cl3ISi. The maximum Gasteiger partial charge on any atom is 0.407 e. The molecule has 0 fully saturated rings. The first-order valence-electron chi connectivity index (χ1n) is 0.756. The average Bonchev–Trinajstić information content (AvgIpc) is 0.722. The van der Waals surface area contributed by atoms with Gasteiger partial charge in [0.05, 0.1) is 0 Å². The molecule has 0 bridgehead atoms. The van der Waals surface area contributed by atoms with Gasteiger partial charge in [-0.15, -0.1) is 33.2 Å². The topological polar surface area (TPSA) is 0 Å². The van der Waals surface area contributed by atoms with E-state index in [0.29, 0.717) is 0 Å². The molecule has 5 heavy (non-hydrogen) atoms. The van der Waals surface area contributed by atoms with E-state index in [9.17, 15) is 0 Å². The lowest BCUT2D eigenvalue weighted by Gasteiger charge is -1.86. The smallest absolute Gasteiger partial charge is 0.115 e. The first-order chi connectivity index (χ1) is 2.00. The molecule has 0 amide bonds. The van der Waals surface area contributed by atoms with Crippen molar-refractivity contribution in [3.05, 3.63) is 0 Å². The van der Waals surface area contributed by atoms with Crippen molar-refractivity contribution in [2.24, 2.45) is 0 Å². The molecule has 0 aromatic heterocycles. The molecule has 0 saturated carbocycles. The molecule has 0 aromatic rings. The molecule has 0 aliphatic heterocycles. The summed E-state index contributed by atoms with van der Waals surface area (Å²) in [5.74, 6) is 0. The molecule has 0 saturated heterocycles. The number of halogens is 4. The van der Waals surface area contributed by atoms with E-state index in [0.717, 1.165) is 0 Å². The van der Waals surface area contributed by atoms with Crippen LogP contribution in [0.25, 0.3) is 0 Å². The largest absolute Gasteiger partial charge is 0.407 e. The molecule has 0 N–H and O–H groups in total. The third-order valence-electron chi connectivity index (χ3n) is 0. The van der Waals surface area contributed by atoms with Crippen LogP contribution in [0, 0.1) is 0 Å². The molecule has 0 nitrogen and oxygen atoms in total. The summed E-state index contributed by atoms with van der Waals surface area (Å²) in [6.45, 7) is 0. The van der Waals surface area contributed by atoms with Gasteiger partial charge in [0.25, 0.3) is 0 Å². The van der Waals surface area contributed by atoms with Crippen LogP contribution in [0.5, 0.6) is 0 Å². The highest BCUT2D eigenvalue weighted by Crippen LogP contribution is 2.26. The lowest BCUT2D eigenvalue weighted by molar-refractivity contribution is 4.02. The Balaban J connectivity index is 3.02. The van der Waals surface area contributed by atoms with Crippen molar-refractivity contribution in [3.63, 3.8) is 0 Å². The summed E-state index contributed by atoms with van der Waals surface area (Å²) in [5, 5.41) is 0. The van der Waals surface area contributed by atoms with Crippen LogP contribution in [0.4, 0.5) is 0 Å². The predicted molar refractivity (Wildman–Crippen MR) is 37.3 cm³/mol. The maximum atomic E-state index is 5.19. The van der Waals surface area contributed by atoms with Gasteiger partial charge in [-0.2, -0.15) is 0 Å². The fraction of sp³-hybridized carbons (Fsp3) is 0. The summed E-state index contributed by atoms with van der Waals surface area (Å²) in [5.41, 5.74) is 0. The Morgan fingerprint density at radius 1 is 1.20 bits per heavy atom. The summed E-state index contributed by atoms with van der Waals surface area (Å²) in [4.78, 5) is 0. The predicted octanol–water partition coefficient (Wildman–Crippen LogP) is 2.57. The molecule has 32 valence electrons. The Morgan fingerprint density at radius 2 is 1.20 bits per heavy atom. The van der Waals surface area contributed by atoms with Gasteiger partial charge >= 0.3 is 3.50 Å². The monoisotopic (exact) mass is 260 g/mol. The first-order valence-corrected chi connectivity index (χ1v) is 8.91. The van der Waals surface area contributed by atoms with E-state index in [1.54, 1.807) is 0 Å². The van der Waals surface area contributed by atoms with Gasteiger partial charge in [0.15, 0.2) is 0 Å². The molecule has 0 aliphatic carbocycles. The van der Waals surface area contributed by atoms with Crippen molar-refractivity contribution in [1.29, 1.82) is 0 Å². The van der Waals surface area contributed by atoms with Crippen molar-refractivity contribution in [1.82, 2.24) is 0 Å². The van der Waals surface area contributed by atoms with E-state index in [1.165, 1.54) is 0 Å². The minimum Gasteiger partial charge on any atom is -0.115 e. The van der Waals surface area contributed by atoms with Crippen LogP contribution in [-0.4, -0.2) is 3.50 Å². The minimum atomic E-state index is -2.22. The molecular weight excluding hydrogens is 261 g/mol. The van der Waals surface area contributed by atoms with Gasteiger partial charge in [0, 0.05) is 0 Å². The van der Waals surface area contributed by atoms with Crippen LogP contribution >= 0.6 is 55.0 Å². The molecule has 0 rings (SSSR count). The zero-order valence-electron chi connectivity index (χ0n) is 2.01. The molecule has 0 unspecified atom stereocenters. The standard InChI is InChI=1S/Cl3ISi/c1-5(2,3)4. The summed E-state index contributed by atoms with van der Waals surface area (Å²) in [7, 11) is 0. The van der Waals surface area contributed by atoms with E-state index in [2.05, 4.69) is 0 Å². The highest BCUT2D eigenvalue weighted by molar-refractivity contribution is 14.1. The maximum absolute atomic E-state index is 5.19. The van der Waals surface area contributed by atoms with Crippen molar-refractivity contribution in [2.45, 2.75) is 0 Å². The van der Waals surface area contributed by atoms with Crippen molar-refractivity contribution < 1.29 is 0 Å². The van der Waals surface area contributed by atoms with Gasteiger partial charge in [-0.25, -0.2) is 0 Å². The second-order valence-corrected chi connectivity index (χ2v) is 18.7. The van der Waals surface area contributed by atoms with Crippen LogP contribution in [0.3, 0.4) is 0 Å². The Labute approximate surface area is 58.1 Å². The fourth-order valence-corrected chi connectivity index (χ4v) is 0. The Bertz CT molecular complexity index is 22.4. The zero-order valence-corrected chi connectivity index (χ0v) is 7.44. The van der Waals surface area contributed by atoms with Gasteiger partial charge < -0.3 is 0 Å². The first kappa shape index (κ1) is 6.82. The average molecular weight is 261 g/mol. The molecule has 0 heterocycles. The quantitative estimate of drug-likeness (QED) is 0.357. The van der Waals surface area contributed by atoms with Crippen LogP contribution in [0.1, 0.15) is 0 Å². The lowest BCUT2D eigenvalue weighted by atomic mass is 27.7. The van der Waals surface area contributed by atoms with Crippen molar-refractivity contribution >= 4 is 58.5 Å². The number of hydrogen-bond donors (Lipinski definition) is 0. The summed E-state index contributed by atoms with van der Waals surface area (Å²) < 4.78 is -2.22. The number of rotatable bonds is 0. The Kier molecular flexibility index (Phi) is 3.01. The fourth-order valence-electron chi connectivity index (χ4n) is 0. The van der Waals surface area contributed by atoms with E-state index in [-0.39, 0.29) is 0 Å². The summed E-state index contributed by atoms with van der Waals surface area (Å²) in [6, 6.07) is 0. The Hall–Kier alpha value is 1.82. The highest BCUT2D eigenvalue weighted by Gasteiger charge is 2.17. The van der Waals surface area contributed by atoms with Gasteiger partial charge in [0.1, 0.15) is 0 Å². The molecule has 0 radical (unpaired) electrons. The normalized spacial score (nSPS) is 12.0. The van der Waals surface area contributed by atoms with Crippen molar-refractivity contribution in [3.8, 4) is 0 Å². The second kappa shape index (κ2) is 2.21. The van der Waals surface area contributed by atoms with Crippen LogP contribution in [-0.2, 0) is 0 Å². The third kappa shape index (κ3) is 25.7. The van der Waals surface area contributed by atoms with E-state index >= 15 is 0 Å². The molecule has 0 aliphatic rings. The highest BCUT2D eigenvalue weighted by atomic mass is 127. The SMILES string of the molecule is Cl[Si](Cl)(Cl)I. The second-order valence-electron chi connectivity index (χ2n) is 0.429. The van der Waals surface area contributed by atoms with Crippen molar-refractivity contribution in [2.75, 3.05) is 0 Å². The number of hydrogen-bond acceptors (Lipinski definition) is 0. The van der Waals surface area contributed by atoms with Crippen LogP contribution < -0.4 is 0 Å². The van der Waals surface area contributed by atoms with Gasteiger partial charge in [-0.3, -0.25) is 0 Å². The van der Waals surface area contributed by atoms with E-state index in [1.807, 2.05) is 21.8 Å². The lowest BCUT2D eigenvalue weighted by Crippen LogP contribution is -1.90. The zero-order chi connectivity index (χ0) is 4.50.